The molecule has 33 heavy (non-hydrogen) atoms. The molecule has 0 aliphatic carbocycles. The average molecular weight is 545 g/mol. The average Bonchev–Trinajstić information content (AvgIpc) is 2.81. The van der Waals surface area contributed by atoms with Crippen LogP contribution in [-0.4, -0.2) is 109 Å². The van der Waals surface area contributed by atoms with Gasteiger partial charge in [-0.05, 0) is 13.8 Å². The summed E-state index contributed by atoms with van der Waals surface area (Å²) in [6.45, 7) is 15.1. The fourth-order valence-electron chi connectivity index (χ4n) is 1.45. The maximum atomic E-state index is 11.1. The molecular formula is C22H41BrO10. The summed E-state index contributed by atoms with van der Waals surface area (Å²) in [6, 6.07) is 0. The molecule has 0 atom stereocenters. The predicted octanol–water partition coefficient (Wildman–Crippen LogP) is 1.93. The molecule has 0 aliphatic heterocycles. The van der Waals surface area contributed by atoms with E-state index in [2.05, 4.69) is 38.6 Å². The molecule has 0 fully saturated rings. The number of alkyl halides is 1. The molecule has 0 saturated carbocycles. The van der Waals surface area contributed by atoms with E-state index in [0.717, 1.165) is 0 Å². The van der Waals surface area contributed by atoms with Crippen LogP contribution in [0.25, 0.3) is 0 Å². The predicted molar refractivity (Wildman–Crippen MR) is 129 cm³/mol. The van der Waals surface area contributed by atoms with Crippen LogP contribution in [0.4, 0.5) is 0 Å². The summed E-state index contributed by atoms with van der Waals surface area (Å²) in [5.41, 5.74) is 0.774. The van der Waals surface area contributed by atoms with Gasteiger partial charge in [0, 0.05) is 25.1 Å². The second-order valence-corrected chi connectivity index (χ2v) is 6.33. The molecule has 1 N–H and O–H groups in total. The van der Waals surface area contributed by atoms with Crippen LogP contribution in [0.2, 0.25) is 0 Å². The van der Waals surface area contributed by atoms with Crippen molar-refractivity contribution < 1.29 is 47.9 Å². The molecule has 0 amide bonds. The van der Waals surface area contributed by atoms with E-state index < -0.39 is 5.97 Å². The summed E-state index contributed by atoms with van der Waals surface area (Å²) in [5.74, 6) is -0.739. The van der Waals surface area contributed by atoms with E-state index in [1.807, 2.05) is 0 Å². The number of hydrogen-bond donors (Lipinski definition) is 1. The third-order valence-corrected chi connectivity index (χ3v) is 3.71. The first-order valence-corrected chi connectivity index (χ1v) is 11.6. The molecule has 0 heterocycles. The standard InChI is InChI=1S/C11H20O5.C6H9BrO2.C5H12O3/c1-4-16-11(12)10(2)9-15-8-7-14-6-5-13-3;1-3-9-6(8)5(2)4-7;1-7-4-5-8-3-2-6/h2,4-9H2,1,3H3;2-4H2,1H3;6H,2-5H2,1H3. The summed E-state index contributed by atoms with van der Waals surface area (Å²) in [6.07, 6.45) is 0. The van der Waals surface area contributed by atoms with Gasteiger partial charge in [0.15, 0.2) is 0 Å². The molecule has 0 aromatic heterocycles. The van der Waals surface area contributed by atoms with Gasteiger partial charge in [0.05, 0.1) is 78.2 Å². The van der Waals surface area contributed by atoms with Crippen LogP contribution >= 0.6 is 15.9 Å². The van der Waals surface area contributed by atoms with Crippen molar-refractivity contribution in [3.05, 3.63) is 24.3 Å². The maximum absolute atomic E-state index is 11.1. The van der Waals surface area contributed by atoms with Gasteiger partial charge in [-0.2, -0.15) is 0 Å². The Morgan fingerprint density at radius 2 is 1.15 bits per heavy atom. The van der Waals surface area contributed by atoms with Crippen LogP contribution in [-0.2, 0) is 42.7 Å². The minimum atomic E-state index is -0.414. The molecule has 0 radical (unpaired) electrons. The molecule has 196 valence electrons. The molecular weight excluding hydrogens is 504 g/mol. The normalized spacial score (nSPS) is 9.64. The lowest BCUT2D eigenvalue weighted by atomic mass is 10.3. The molecule has 0 rings (SSSR count). The monoisotopic (exact) mass is 544 g/mol. The number of halogens is 1. The van der Waals surface area contributed by atoms with E-state index in [1.165, 1.54) is 0 Å². The van der Waals surface area contributed by atoms with E-state index >= 15 is 0 Å². The van der Waals surface area contributed by atoms with Gasteiger partial charge in [-0.25, -0.2) is 9.59 Å². The number of carbonyl (C=O) groups excluding carboxylic acids is 2. The zero-order valence-electron chi connectivity index (χ0n) is 20.4. The highest BCUT2D eigenvalue weighted by Gasteiger charge is 2.07. The SMILES string of the molecule is C=C(CBr)C(=O)OCC.C=C(COCCOCCOC)C(=O)OCC.COCCOCCO. The van der Waals surface area contributed by atoms with Crippen molar-refractivity contribution in [1.82, 2.24) is 0 Å². The van der Waals surface area contributed by atoms with Crippen LogP contribution in [0, 0.1) is 0 Å². The van der Waals surface area contributed by atoms with E-state index in [9.17, 15) is 9.59 Å². The highest BCUT2D eigenvalue weighted by atomic mass is 79.9. The lowest BCUT2D eigenvalue weighted by Gasteiger charge is -2.07. The van der Waals surface area contributed by atoms with Crippen LogP contribution in [0.3, 0.4) is 0 Å². The fraction of sp³-hybridized carbons (Fsp3) is 0.727. The molecule has 0 aromatic rings. The van der Waals surface area contributed by atoms with Gasteiger partial charge in [-0.1, -0.05) is 29.1 Å². The van der Waals surface area contributed by atoms with Crippen molar-refractivity contribution in [2.45, 2.75) is 13.8 Å². The summed E-state index contributed by atoms with van der Waals surface area (Å²) in [5, 5.41) is 8.68. The smallest absolute Gasteiger partial charge is 0.335 e. The van der Waals surface area contributed by atoms with E-state index in [-0.39, 0.29) is 19.2 Å². The highest BCUT2D eigenvalue weighted by Crippen LogP contribution is 1.98. The topological polar surface area (TPSA) is 119 Å². The number of ether oxygens (including phenoxy) is 7. The first-order valence-electron chi connectivity index (χ1n) is 10.4. The highest BCUT2D eigenvalue weighted by molar-refractivity contribution is 9.09. The molecule has 0 unspecified atom stereocenters. The Morgan fingerprint density at radius 1 is 0.727 bits per heavy atom. The van der Waals surface area contributed by atoms with Crippen LogP contribution in [0.1, 0.15) is 13.8 Å². The summed E-state index contributed by atoms with van der Waals surface area (Å²) in [7, 11) is 3.23. The van der Waals surface area contributed by atoms with E-state index in [4.69, 9.17) is 28.8 Å². The summed E-state index contributed by atoms with van der Waals surface area (Å²) >= 11 is 3.08. The molecule has 11 heteroatoms. The maximum Gasteiger partial charge on any atom is 0.335 e. The Kier molecular flexibility index (Phi) is 33.7. The number of rotatable bonds is 18. The largest absolute Gasteiger partial charge is 0.463 e. The lowest BCUT2D eigenvalue weighted by molar-refractivity contribution is -0.139. The minimum Gasteiger partial charge on any atom is -0.463 e. The number of esters is 2. The van der Waals surface area contributed by atoms with Crippen LogP contribution in [0.5, 0.6) is 0 Å². The quantitative estimate of drug-likeness (QED) is 0.118. The van der Waals surface area contributed by atoms with Gasteiger partial charge in [0.1, 0.15) is 0 Å². The molecule has 0 saturated heterocycles. The van der Waals surface area contributed by atoms with Crippen LogP contribution in [0.15, 0.2) is 24.3 Å². The van der Waals surface area contributed by atoms with Crippen molar-refractivity contribution in [2.75, 3.05) is 92.2 Å². The van der Waals surface area contributed by atoms with Gasteiger partial charge in [-0.3, -0.25) is 0 Å². The second-order valence-electron chi connectivity index (χ2n) is 5.77. The third kappa shape index (κ3) is 30.7. The first kappa shape index (κ1) is 36.2. The van der Waals surface area contributed by atoms with Gasteiger partial charge in [0.2, 0.25) is 0 Å². The van der Waals surface area contributed by atoms with Crippen LogP contribution < -0.4 is 0 Å². The van der Waals surface area contributed by atoms with E-state index in [1.54, 1.807) is 28.1 Å². The van der Waals surface area contributed by atoms with Crippen molar-refractivity contribution in [3.63, 3.8) is 0 Å². The first-order chi connectivity index (χ1) is 15.9. The number of aliphatic hydroxyl groups is 1. The summed E-state index contributed by atoms with van der Waals surface area (Å²) < 4.78 is 34.1. The number of aliphatic hydroxyl groups excluding tert-OH is 1. The Bertz CT molecular complexity index is 480. The Labute approximate surface area is 206 Å². The zero-order valence-corrected chi connectivity index (χ0v) is 22.0. The minimum absolute atomic E-state index is 0.0870. The zero-order chi connectivity index (χ0) is 25.7. The molecule has 0 aromatic carbocycles. The number of methoxy groups -OCH3 is 2. The van der Waals surface area contributed by atoms with Crippen molar-refractivity contribution in [3.8, 4) is 0 Å². The van der Waals surface area contributed by atoms with Crippen molar-refractivity contribution in [2.24, 2.45) is 0 Å². The van der Waals surface area contributed by atoms with E-state index in [0.29, 0.717) is 75.9 Å². The van der Waals surface area contributed by atoms with Gasteiger partial charge in [0.25, 0.3) is 0 Å². The number of carbonyl (C=O) groups is 2. The number of hydrogen-bond acceptors (Lipinski definition) is 10. The Balaban J connectivity index is -0.000000449. The van der Waals surface area contributed by atoms with Gasteiger partial charge >= 0.3 is 11.9 Å². The van der Waals surface area contributed by atoms with Gasteiger partial charge < -0.3 is 38.3 Å². The van der Waals surface area contributed by atoms with Crippen molar-refractivity contribution in [1.29, 1.82) is 0 Å². The molecule has 0 bridgehead atoms. The summed E-state index contributed by atoms with van der Waals surface area (Å²) in [4.78, 5) is 21.7. The fourth-order valence-corrected chi connectivity index (χ4v) is 1.68. The van der Waals surface area contributed by atoms with Crippen molar-refractivity contribution >= 4 is 27.9 Å². The van der Waals surface area contributed by atoms with Gasteiger partial charge in [-0.15, -0.1) is 0 Å². The Hall–Kier alpha value is -1.34. The molecule has 0 aliphatic rings. The lowest BCUT2D eigenvalue weighted by Crippen LogP contribution is -2.14. The third-order valence-electron chi connectivity index (χ3n) is 3.04. The molecule has 10 nitrogen and oxygen atoms in total. The second kappa shape index (κ2) is 30.7. The molecule has 0 spiro atoms. The Morgan fingerprint density at radius 3 is 1.58 bits per heavy atom.